The van der Waals surface area contributed by atoms with Crippen LogP contribution in [-0.4, -0.2) is 59.5 Å². The van der Waals surface area contributed by atoms with Crippen molar-refractivity contribution < 1.29 is 10.2 Å². The summed E-state index contributed by atoms with van der Waals surface area (Å²) >= 11 is 0. The molecule has 2 bridgehead atoms. The third-order valence-electron chi connectivity index (χ3n) is 3.95. The van der Waals surface area contributed by atoms with Crippen LogP contribution >= 0.6 is 0 Å². The average molecular weight is 214 g/mol. The summed E-state index contributed by atoms with van der Waals surface area (Å²) in [6.45, 7) is 0.372. The van der Waals surface area contributed by atoms with E-state index in [0.29, 0.717) is 12.6 Å². The Morgan fingerprint density at radius 2 is 1.93 bits per heavy atom. The Kier molecular flexibility index (Phi) is 3.61. The van der Waals surface area contributed by atoms with Crippen LogP contribution in [0.3, 0.4) is 0 Å². The van der Waals surface area contributed by atoms with Crippen LogP contribution in [0.15, 0.2) is 0 Å². The molecule has 2 rings (SSSR count). The van der Waals surface area contributed by atoms with Crippen LogP contribution in [0, 0.1) is 0 Å². The van der Waals surface area contributed by atoms with Crippen molar-refractivity contribution in [1.29, 1.82) is 0 Å². The zero-order valence-corrected chi connectivity index (χ0v) is 9.39. The highest BCUT2D eigenvalue weighted by molar-refractivity contribution is 4.96. The van der Waals surface area contributed by atoms with Gasteiger partial charge in [0, 0.05) is 24.7 Å². The number of nitrogens with one attached hydrogen (secondary N) is 1. The lowest BCUT2D eigenvalue weighted by Gasteiger charge is -2.37. The Bertz CT molecular complexity index is 199. The molecule has 3 unspecified atom stereocenters. The molecule has 0 aromatic carbocycles. The average Bonchev–Trinajstić information content (AvgIpc) is 2.50. The van der Waals surface area contributed by atoms with Gasteiger partial charge in [0.1, 0.15) is 0 Å². The molecule has 3 N–H and O–H groups in total. The maximum absolute atomic E-state index is 9.27. The number of hydrogen-bond acceptors (Lipinski definition) is 4. The van der Waals surface area contributed by atoms with E-state index >= 15 is 0 Å². The maximum Gasteiger partial charge on any atom is 0.0895 e. The highest BCUT2D eigenvalue weighted by atomic mass is 16.3. The first-order valence-corrected chi connectivity index (χ1v) is 5.95. The third-order valence-corrected chi connectivity index (χ3v) is 3.95. The van der Waals surface area contributed by atoms with Crippen molar-refractivity contribution in [3.8, 4) is 0 Å². The van der Waals surface area contributed by atoms with Gasteiger partial charge in [0.15, 0.2) is 0 Å². The minimum absolute atomic E-state index is 0.146. The normalized spacial score (nSPS) is 38.2. The standard InChI is InChI=1S/C11H22N2O2/c1-13-9-2-3-10(13)5-8(4-9)12-6-11(15)7-14/h8-12,14-15H,2-7H2,1H3. The molecular weight excluding hydrogens is 192 g/mol. The van der Waals surface area contributed by atoms with Crippen molar-refractivity contribution in [2.45, 2.75) is 49.9 Å². The highest BCUT2D eigenvalue weighted by Gasteiger charge is 2.38. The lowest BCUT2D eigenvalue weighted by atomic mass is 9.98. The molecule has 0 saturated carbocycles. The first-order valence-electron chi connectivity index (χ1n) is 5.95. The van der Waals surface area contributed by atoms with Crippen LogP contribution in [0.2, 0.25) is 0 Å². The van der Waals surface area contributed by atoms with Crippen LogP contribution in [0.25, 0.3) is 0 Å². The van der Waals surface area contributed by atoms with E-state index in [1.165, 1.54) is 25.7 Å². The predicted octanol–water partition coefficient (Wildman–Crippen LogP) is -0.446. The van der Waals surface area contributed by atoms with Crippen molar-refractivity contribution >= 4 is 0 Å². The molecule has 2 aliphatic rings. The topological polar surface area (TPSA) is 55.7 Å². The molecule has 15 heavy (non-hydrogen) atoms. The second kappa shape index (κ2) is 4.78. The molecule has 0 radical (unpaired) electrons. The summed E-state index contributed by atoms with van der Waals surface area (Å²) in [6.07, 6.45) is 4.41. The molecule has 3 atom stereocenters. The van der Waals surface area contributed by atoms with Crippen molar-refractivity contribution in [2.75, 3.05) is 20.2 Å². The molecule has 2 aliphatic heterocycles. The Balaban J connectivity index is 1.77. The Morgan fingerprint density at radius 1 is 1.33 bits per heavy atom. The quantitative estimate of drug-likeness (QED) is 0.593. The van der Waals surface area contributed by atoms with E-state index in [9.17, 15) is 5.11 Å². The molecular formula is C11H22N2O2. The lowest BCUT2D eigenvalue weighted by Crippen LogP contribution is -2.48. The van der Waals surface area contributed by atoms with Crippen molar-refractivity contribution in [3.63, 3.8) is 0 Å². The largest absolute Gasteiger partial charge is 0.394 e. The highest BCUT2D eigenvalue weighted by Crippen LogP contribution is 2.33. The molecule has 0 aliphatic carbocycles. The van der Waals surface area contributed by atoms with Gasteiger partial charge in [-0.05, 0) is 32.7 Å². The summed E-state index contributed by atoms with van der Waals surface area (Å²) in [4.78, 5) is 2.50. The number of rotatable bonds is 4. The van der Waals surface area contributed by atoms with E-state index in [4.69, 9.17) is 5.11 Å². The van der Waals surface area contributed by atoms with Gasteiger partial charge in [-0.3, -0.25) is 0 Å². The zero-order valence-electron chi connectivity index (χ0n) is 9.39. The maximum atomic E-state index is 9.27. The Labute approximate surface area is 91.3 Å². The molecule has 0 aromatic heterocycles. The van der Waals surface area contributed by atoms with Gasteiger partial charge in [-0.1, -0.05) is 0 Å². The van der Waals surface area contributed by atoms with Gasteiger partial charge < -0.3 is 20.4 Å². The van der Waals surface area contributed by atoms with Crippen molar-refractivity contribution in [1.82, 2.24) is 10.2 Å². The van der Waals surface area contributed by atoms with Crippen LogP contribution in [0.1, 0.15) is 25.7 Å². The summed E-state index contributed by atoms with van der Waals surface area (Å²) in [5.74, 6) is 0. The molecule has 4 nitrogen and oxygen atoms in total. The monoisotopic (exact) mass is 214 g/mol. The van der Waals surface area contributed by atoms with Gasteiger partial charge in [-0.25, -0.2) is 0 Å². The molecule has 0 spiro atoms. The number of nitrogens with zero attached hydrogens (tertiary/aromatic N) is 1. The van der Waals surface area contributed by atoms with Crippen LogP contribution in [0.4, 0.5) is 0 Å². The molecule has 2 fully saturated rings. The summed E-state index contributed by atoms with van der Waals surface area (Å²) in [6, 6.07) is 1.99. The Morgan fingerprint density at radius 3 is 2.47 bits per heavy atom. The van der Waals surface area contributed by atoms with Gasteiger partial charge in [0.25, 0.3) is 0 Å². The van der Waals surface area contributed by atoms with E-state index in [2.05, 4.69) is 17.3 Å². The number of aliphatic hydroxyl groups is 2. The summed E-state index contributed by atoms with van der Waals surface area (Å²) in [7, 11) is 2.22. The minimum Gasteiger partial charge on any atom is -0.394 e. The van der Waals surface area contributed by atoms with Gasteiger partial charge >= 0.3 is 0 Å². The summed E-state index contributed by atoms with van der Waals surface area (Å²) < 4.78 is 0. The molecule has 0 aromatic rings. The van der Waals surface area contributed by atoms with E-state index < -0.39 is 6.10 Å². The SMILES string of the molecule is CN1C2CCC1CC(NCC(O)CO)C2. The zero-order chi connectivity index (χ0) is 10.8. The van der Waals surface area contributed by atoms with Crippen LogP contribution in [-0.2, 0) is 0 Å². The molecule has 88 valence electrons. The van der Waals surface area contributed by atoms with Crippen LogP contribution in [0.5, 0.6) is 0 Å². The summed E-state index contributed by atoms with van der Waals surface area (Å²) in [5, 5.41) is 21.3. The Hall–Kier alpha value is -0.160. The van der Waals surface area contributed by atoms with Crippen LogP contribution < -0.4 is 5.32 Å². The first kappa shape index (κ1) is 11.3. The van der Waals surface area contributed by atoms with E-state index in [-0.39, 0.29) is 6.61 Å². The molecule has 2 saturated heterocycles. The van der Waals surface area contributed by atoms with Gasteiger partial charge in [-0.15, -0.1) is 0 Å². The number of hydrogen-bond donors (Lipinski definition) is 3. The van der Waals surface area contributed by atoms with E-state index in [1.807, 2.05) is 0 Å². The molecule has 4 heteroatoms. The smallest absolute Gasteiger partial charge is 0.0895 e. The fraction of sp³-hybridized carbons (Fsp3) is 1.00. The predicted molar refractivity (Wildman–Crippen MR) is 58.7 cm³/mol. The second-order valence-corrected chi connectivity index (χ2v) is 4.96. The fourth-order valence-corrected chi connectivity index (χ4v) is 2.95. The van der Waals surface area contributed by atoms with Gasteiger partial charge in [0.05, 0.1) is 12.7 Å². The number of piperidine rings is 1. The van der Waals surface area contributed by atoms with Gasteiger partial charge in [0.2, 0.25) is 0 Å². The third kappa shape index (κ3) is 2.50. The van der Waals surface area contributed by atoms with Crippen molar-refractivity contribution in [3.05, 3.63) is 0 Å². The number of fused-ring (bicyclic) bond motifs is 2. The lowest BCUT2D eigenvalue weighted by molar-refractivity contribution is 0.0832. The molecule has 0 amide bonds. The van der Waals surface area contributed by atoms with Crippen molar-refractivity contribution in [2.24, 2.45) is 0 Å². The van der Waals surface area contributed by atoms with E-state index in [1.54, 1.807) is 0 Å². The minimum atomic E-state index is -0.609. The number of aliphatic hydroxyl groups excluding tert-OH is 2. The molecule has 2 heterocycles. The van der Waals surface area contributed by atoms with E-state index in [0.717, 1.165) is 12.1 Å². The van der Waals surface area contributed by atoms with Gasteiger partial charge in [-0.2, -0.15) is 0 Å². The first-order chi connectivity index (χ1) is 7.20. The summed E-state index contributed by atoms with van der Waals surface area (Å²) in [5.41, 5.74) is 0. The fourth-order valence-electron chi connectivity index (χ4n) is 2.95. The second-order valence-electron chi connectivity index (χ2n) is 4.96.